The summed E-state index contributed by atoms with van der Waals surface area (Å²) in [4.78, 5) is 2.16. The first-order valence-electron chi connectivity index (χ1n) is 6.55. The first-order chi connectivity index (χ1) is 9.18. The minimum Gasteiger partial charge on any atom is -0.323 e. The van der Waals surface area contributed by atoms with E-state index in [2.05, 4.69) is 55.4 Å². The molecule has 2 aromatic carbocycles. The van der Waals surface area contributed by atoms with Crippen LogP contribution in [0.1, 0.15) is 17.2 Å². The van der Waals surface area contributed by atoms with Gasteiger partial charge in [0.1, 0.15) is 0 Å². The molecule has 0 heterocycles. The number of nitrogens with zero attached hydrogens (tertiary/aromatic N) is 1. The van der Waals surface area contributed by atoms with Crippen molar-refractivity contribution >= 4 is 0 Å². The van der Waals surface area contributed by atoms with Crippen molar-refractivity contribution in [2.75, 3.05) is 20.6 Å². The fourth-order valence-corrected chi connectivity index (χ4v) is 2.22. The molecule has 99 valence electrons. The van der Waals surface area contributed by atoms with E-state index in [4.69, 9.17) is 5.73 Å². The van der Waals surface area contributed by atoms with Gasteiger partial charge in [0.15, 0.2) is 0 Å². The molecule has 1 unspecified atom stereocenters. The van der Waals surface area contributed by atoms with E-state index < -0.39 is 0 Å². The molecule has 1 radical (unpaired) electrons. The molecule has 0 saturated heterocycles. The van der Waals surface area contributed by atoms with E-state index >= 15 is 0 Å². The zero-order valence-corrected chi connectivity index (χ0v) is 11.6. The number of nitrogens with two attached hydrogens (primary N) is 1. The maximum Gasteiger partial charge on any atom is 0.0415 e. The Morgan fingerprint density at radius 3 is 2.00 bits per heavy atom. The molecular formula is C17H21N2. The SMILES string of the molecule is CN(C)C[C](c1ccccc1)C(N)c1ccccc1. The van der Waals surface area contributed by atoms with Gasteiger partial charge < -0.3 is 10.6 Å². The molecule has 2 heteroatoms. The van der Waals surface area contributed by atoms with Gasteiger partial charge in [0, 0.05) is 18.5 Å². The van der Waals surface area contributed by atoms with Crippen molar-refractivity contribution in [3.05, 3.63) is 77.7 Å². The van der Waals surface area contributed by atoms with Crippen LogP contribution in [0.5, 0.6) is 0 Å². The van der Waals surface area contributed by atoms with Crippen molar-refractivity contribution in [1.82, 2.24) is 4.90 Å². The van der Waals surface area contributed by atoms with Crippen molar-refractivity contribution < 1.29 is 0 Å². The van der Waals surface area contributed by atoms with Crippen molar-refractivity contribution in [1.29, 1.82) is 0 Å². The van der Waals surface area contributed by atoms with E-state index in [9.17, 15) is 0 Å². The second-order valence-corrected chi connectivity index (χ2v) is 5.02. The van der Waals surface area contributed by atoms with E-state index in [0.29, 0.717) is 0 Å². The molecule has 19 heavy (non-hydrogen) atoms. The monoisotopic (exact) mass is 253 g/mol. The van der Waals surface area contributed by atoms with E-state index in [1.807, 2.05) is 24.3 Å². The van der Waals surface area contributed by atoms with Crippen LogP contribution < -0.4 is 5.73 Å². The maximum atomic E-state index is 6.46. The Labute approximate surface area is 115 Å². The minimum absolute atomic E-state index is 0.0639. The summed E-state index contributed by atoms with van der Waals surface area (Å²) in [5.74, 6) is 1.25. The van der Waals surface area contributed by atoms with Gasteiger partial charge in [-0.25, -0.2) is 0 Å². The smallest absolute Gasteiger partial charge is 0.0415 e. The van der Waals surface area contributed by atoms with Gasteiger partial charge in [-0.05, 0) is 25.2 Å². The number of benzene rings is 2. The molecule has 2 N–H and O–H groups in total. The van der Waals surface area contributed by atoms with Gasteiger partial charge in [0.2, 0.25) is 0 Å². The largest absolute Gasteiger partial charge is 0.323 e. The minimum atomic E-state index is -0.0639. The molecular weight excluding hydrogens is 232 g/mol. The third-order valence-electron chi connectivity index (χ3n) is 3.17. The average Bonchev–Trinajstić information content (AvgIpc) is 2.46. The molecule has 0 saturated carbocycles. The quantitative estimate of drug-likeness (QED) is 0.888. The van der Waals surface area contributed by atoms with Crippen molar-refractivity contribution in [2.24, 2.45) is 5.73 Å². The van der Waals surface area contributed by atoms with Crippen LogP contribution in [0.2, 0.25) is 0 Å². The lowest BCUT2D eigenvalue weighted by Gasteiger charge is -2.27. The molecule has 0 aliphatic rings. The van der Waals surface area contributed by atoms with E-state index in [1.165, 1.54) is 11.5 Å². The van der Waals surface area contributed by atoms with Crippen LogP contribution in [-0.2, 0) is 0 Å². The topological polar surface area (TPSA) is 29.3 Å². The summed E-state index contributed by atoms with van der Waals surface area (Å²) in [5, 5.41) is 0. The fourth-order valence-electron chi connectivity index (χ4n) is 2.22. The molecule has 2 rings (SSSR count). The van der Waals surface area contributed by atoms with Crippen LogP contribution in [-0.4, -0.2) is 25.5 Å². The summed E-state index contributed by atoms with van der Waals surface area (Å²) in [5.41, 5.74) is 8.83. The van der Waals surface area contributed by atoms with Crippen LogP contribution in [0.15, 0.2) is 60.7 Å². The number of likely N-dealkylation sites (N-methyl/N-ethyl adjacent to an activating group) is 1. The normalized spacial score (nSPS) is 12.9. The highest BCUT2D eigenvalue weighted by Gasteiger charge is 2.22. The highest BCUT2D eigenvalue weighted by atomic mass is 15.1. The molecule has 0 aliphatic heterocycles. The predicted molar refractivity (Wildman–Crippen MR) is 80.7 cm³/mol. The average molecular weight is 253 g/mol. The van der Waals surface area contributed by atoms with Crippen LogP contribution in [0, 0.1) is 5.92 Å². The van der Waals surface area contributed by atoms with Gasteiger partial charge in [-0.2, -0.15) is 0 Å². The number of hydrogen-bond donors (Lipinski definition) is 1. The Hall–Kier alpha value is -1.64. The van der Waals surface area contributed by atoms with Gasteiger partial charge in [0.05, 0.1) is 0 Å². The lowest BCUT2D eigenvalue weighted by atomic mass is 9.87. The molecule has 0 spiro atoms. The second-order valence-electron chi connectivity index (χ2n) is 5.02. The van der Waals surface area contributed by atoms with Gasteiger partial charge in [-0.1, -0.05) is 60.7 Å². The molecule has 0 aliphatic carbocycles. The Bertz CT molecular complexity index is 479. The van der Waals surface area contributed by atoms with Crippen LogP contribution >= 0.6 is 0 Å². The second kappa shape index (κ2) is 6.50. The van der Waals surface area contributed by atoms with Crippen molar-refractivity contribution in [3.63, 3.8) is 0 Å². The third-order valence-corrected chi connectivity index (χ3v) is 3.17. The van der Waals surface area contributed by atoms with Crippen molar-refractivity contribution in [2.45, 2.75) is 6.04 Å². The Kier molecular flexibility index (Phi) is 4.72. The Morgan fingerprint density at radius 2 is 1.47 bits per heavy atom. The van der Waals surface area contributed by atoms with E-state index in [0.717, 1.165) is 12.1 Å². The zero-order valence-electron chi connectivity index (χ0n) is 11.6. The molecule has 2 aromatic rings. The Morgan fingerprint density at radius 1 is 0.947 bits per heavy atom. The maximum absolute atomic E-state index is 6.46. The first kappa shape index (κ1) is 13.8. The van der Waals surface area contributed by atoms with Crippen LogP contribution in [0.25, 0.3) is 0 Å². The van der Waals surface area contributed by atoms with Crippen LogP contribution in [0.4, 0.5) is 0 Å². The van der Waals surface area contributed by atoms with Gasteiger partial charge in [-0.3, -0.25) is 0 Å². The lowest BCUT2D eigenvalue weighted by Crippen LogP contribution is -2.30. The highest BCUT2D eigenvalue weighted by molar-refractivity contribution is 5.38. The molecule has 2 nitrogen and oxygen atoms in total. The summed E-state index contributed by atoms with van der Waals surface area (Å²) in [6.45, 7) is 0.861. The first-order valence-corrected chi connectivity index (χ1v) is 6.55. The molecule has 0 bridgehead atoms. The van der Waals surface area contributed by atoms with Gasteiger partial charge in [-0.15, -0.1) is 0 Å². The number of rotatable bonds is 5. The van der Waals surface area contributed by atoms with Gasteiger partial charge >= 0.3 is 0 Å². The van der Waals surface area contributed by atoms with Gasteiger partial charge in [0.25, 0.3) is 0 Å². The molecule has 1 atom stereocenters. The summed E-state index contributed by atoms with van der Waals surface area (Å²) in [6.07, 6.45) is 0. The van der Waals surface area contributed by atoms with E-state index in [1.54, 1.807) is 0 Å². The summed E-state index contributed by atoms with van der Waals surface area (Å²) in [7, 11) is 4.14. The number of hydrogen-bond acceptors (Lipinski definition) is 2. The fraction of sp³-hybridized carbons (Fsp3) is 0.235. The standard InChI is InChI=1S/C17H21N2/c1-19(2)13-16(14-9-5-3-6-10-14)17(18)15-11-7-4-8-12-15/h3-12,17H,13,18H2,1-2H3. The third kappa shape index (κ3) is 3.66. The molecule has 0 amide bonds. The zero-order chi connectivity index (χ0) is 13.7. The predicted octanol–water partition coefficient (Wildman–Crippen LogP) is 2.87. The van der Waals surface area contributed by atoms with Crippen LogP contribution in [0.3, 0.4) is 0 Å². The summed E-state index contributed by atoms with van der Waals surface area (Å²) >= 11 is 0. The lowest BCUT2D eigenvalue weighted by molar-refractivity contribution is 0.411. The highest BCUT2D eigenvalue weighted by Crippen LogP contribution is 2.28. The molecule has 0 fully saturated rings. The summed E-state index contributed by atoms with van der Waals surface area (Å²) in [6, 6.07) is 20.6. The summed E-state index contributed by atoms with van der Waals surface area (Å²) < 4.78 is 0. The Balaban J connectivity index is 2.28. The van der Waals surface area contributed by atoms with Crippen molar-refractivity contribution in [3.8, 4) is 0 Å². The molecule has 0 aromatic heterocycles. The van der Waals surface area contributed by atoms with E-state index in [-0.39, 0.29) is 6.04 Å².